The van der Waals surface area contributed by atoms with Crippen molar-refractivity contribution in [3.05, 3.63) is 32.6 Å². The lowest BCUT2D eigenvalue weighted by molar-refractivity contribution is 0.619. The molecular formula is C14H10Cl2N2OS. The molecule has 3 nitrogen and oxygen atoms in total. The van der Waals surface area contributed by atoms with Gasteiger partial charge >= 0.3 is 0 Å². The Labute approximate surface area is 129 Å². The lowest BCUT2D eigenvalue weighted by atomic mass is 10.1. The van der Waals surface area contributed by atoms with Gasteiger partial charge in [-0.2, -0.15) is 0 Å². The third-order valence-electron chi connectivity index (χ3n) is 3.57. The van der Waals surface area contributed by atoms with Gasteiger partial charge < -0.3 is 10.2 Å². The second-order valence-corrected chi connectivity index (χ2v) is 6.83. The van der Waals surface area contributed by atoms with Gasteiger partial charge in [-0.25, -0.2) is 4.98 Å². The fraction of sp³-hybridized carbons (Fsp3) is 0.214. The molecule has 2 aromatic heterocycles. The van der Waals surface area contributed by atoms with Crippen LogP contribution in [0.2, 0.25) is 10.0 Å². The number of rotatable bonds is 1. The average molecular weight is 325 g/mol. The fourth-order valence-corrected chi connectivity index (χ4v) is 4.40. The van der Waals surface area contributed by atoms with Crippen molar-refractivity contribution < 1.29 is 4.42 Å². The predicted molar refractivity (Wildman–Crippen MR) is 83.8 cm³/mol. The van der Waals surface area contributed by atoms with Crippen molar-refractivity contribution in [2.45, 2.75) is 19.3 Å². The van der Waals surface area contributed by atoms with Crippen LogP contribution in [0.4, 0.5) is 5.00 Å². The maximum Gasteiger partial charge on any atom is 0.230 e. The quantitative estimate of drug-likeness (QED) is 0.690. The molecule has 20 heavy (non-hydrogen) atoms. The molecule has 4 rings (SSSR count). The first kappa shape index (κ1) is 12.5. The second kappa shape index (κ2) is 4.38. The molecule has 0 saturated heterocycles. The highest BCUT2D eigenvalue weighted by Crippen LogP contribution is 2.44. The van der Waals surface area contributed by atoms with E-state index >= 15 is 0 Å². The number of aromatic nitrogens is 1. The molecule has 0 aliphatic heterocycles. The summed E-state index contributed by atoms with van der Waals surface area (Å²) in [6.07, 6.45) is 3.30. The molecule has 1 aliphatic rings. The first-order chi connectivity index (χ1) is 9.63. The minimum atomic E-state index is 0.469. The van der Waals surface area contributed by atoms with Gasteiger partial charge in [0.2, 0.25) is 5.89 Å². The normalized spacial score (nSPS) is 14.1. The summed E-state index contributed by atoms with van der Waals surface area (Å²) in [5, 5.41) is 1.78. The van der Waals surface area contributed by atoms with Crippen LogP contribution in [0.1, 0.15) is 16.9 Å². The molecule has 1 aliphatic carbocycles. The highest BCUT2D eigenvalue weighted by molar-refractivity contribution is 7.16. The van der Waals surface area contributed by atoms with E-state index in [1.165, 1.54) is 16.9 Å². The van der Waals surface area contributed by atoms with E-state index < -0.39 is 0 Å². The van der Waals surface area contributed by atoms with E-state index in [1.54, 1.807) is 23.5 Å². The second-order valence-electron chi connectivity index (χ2n) is 4.85. The molecule has 0 atom stereocenters. The molecule has 0 bridgehead atoms. The van der Waals surface area contributed by atoms with Gasteiger partial charge in [0.1, 0.15) is 5.52 Å². The van der Waals surface area contributed by atoms with Crippen molar-refractivity contribution >= 4 is 50.6 Å². The third kappa shape index (κ3) is 1.75. The number of oxazole rings is 1. The summed E-state index contributed by atoms with van der Waals surface area (Å²) < 4.78 is 5.83. The average Bonchev–Trinajstić information content (AvgIpc) is 3.02. The SMILES string of the molecule is Nc1sc2c(c1-c1nc3cc(Cl)cc(Cl)c3o1)CCC2. The molecule has 0 radical (unpaired) electrons. The van der Waals surface area contributed by atoms with Crippen molar-refractivity contribution in [1.82, 2.24) is 4.98 Å². The third-order valence-corrected chi connectivity index (χ3v) is 5.19. The number of nitrogen functional groups attached to an aromatic ring is 1. The molecule has 0 saturated carbocycles. The van der Waals surface area contributed by atoms with Gasteiger partial charge in [-0.05, 0) is 37.0 Å². The number of hydrogen-bond acceptors (Lipinski definition) is 4. The first-order valence-electron chi connectivity index (χ1n) is 6.29. The van der Waals surface area contributed by atoms with E-state index in [0.29, 0.717) is 27.0 Å². The summed E-state index contributed by atoms with van der Waals surface area (Å²) in [5.41, 5.74) is 9.57. The number of nitrogens with zero attached hydrogens (tertiary/aromatic N) is 1. The zero-order chi connectivity index (χ0) is 13.9. The smallest absolute Gasteiger partial charge is 0.230 e. The van der Waals surface area contributed by atoms with Crippen LogP contribution < -0.4 is 5.73 Å². The number of anilines is 1. The molecular weight excluding hydrogens is 315 g/mol. The summed E-state index contributed by atoms with van der Waals surface area (Å²) in [4.78, 5) is 5.86. The maximum atomic E-state index is 6.15. The lowest BCUT2D eigenvalue weighted by Gasteiger charge is -1.97. The van der Waals surface area contributed by atoms with Gasteiger partial charge in [-0.1, -0.05) is 23.2 Å². The van der Waals surface area contributed by atoms with Crippen LogP contribution >= 0.6 is 34.5 Å². The van der Waals surface area contributed by atoms with Gasteiger partial charge in [-0.15, -0.1) is 11.3 Å². The minimum absolute atomic E-state index is 0.469. The standard InChI is InChI=1S/C14H10Cl2N2OS/c15-6-4-8(16)12-9(5-6)18-14(19-12)11-7-2-1-3-10(7)20-13(11)17/h4-5H,1-3,17H2. The summed E-state index contributed by atoms with van der Waals surface area (Å²) >= 11 is 13.8. The number of fused-ring (bicyclic) bond motifs is 2. The van der Waals surface area contributed by atoms with E-state index in [1.807, 2.05) is 0 Å². The van der Waals surface area contributed by atoms with Gasteiger partial charge in [0.25, 0.3) is 0 Å². The van der Waals surface area contributed by atoms with Crippen LogP contribution in [-0.4, -0.2) is 4.98 Å². The van der Waals surface area contributed by atoms with E-state index in [2.05, 4.69) is 4.98 Å². The Morgan fingerprint density at radius 2 is 2.10 bits per heavy atom. The topological polar surface area (TPSA) is 52.0 Å². The van der Waals surface area contributed by atoms with E-state index in [-0.39, 0.29) is 0 Å². The molecule has 3 aromatic rings. The zero-order valence-electron chi connectivity index (χ0n) is 10.4. The Balaban J connectivity index is 1.97. The fourth-order valence-electron chi connectivity index (χ4n) is 2.73. The first-order valence-corrected chi connectivity index (χ1v) is 7.86. The number of thiophene rings is 1. The van der Waals surface area contributed by atoms with Crippen molar-refractivity contribution in [3.63, 3.8) is 0 Å². The van der Waals surface area contributed by atoms with Crippen molar-refractivity contribution in [3.8, 4) is 11.5 Å². The van der Waals surface area contributed by atoms with Crippen LogP contribution in [0, 0.1) is 0 Å². The molecule has 2 heterocycles. The predicted octanol–water partition coefficient (Wildman–Crippen LogP) is 4.93. The molecule has 0 unspecified atom stereocenters. The number of benzene rings is 1. The van der Waals surface area contributed by atoms with Crippen LogP contribution in [0.3, 0.4) is 0 Å². The monoisotopic (exact) mass is 324 g/mol. The zero-order valence-corrected chi connectivity index (χ0v) is 12.7. The molecule has 0 fully saturated rings. The number of aryl methyl sites for hydroxylation is 1. The highest BCUT2D eigenvalue weighted by atomic mass is 35.5. The van der Waals surface area contributed by atoms with Crippen molar-refractivity contribution in [1.29, 1.82) is 0 Å². The Bertz CT molecular complexity index is 837. The summed E-state index contributed by atoms with van der Waals surface area (Å²) in [5.74, 6) is 0.543. The van der Waals surface area contributed by atoms with Gasteiger partial charge in [0.15, 0.2) is 5.58 Å². The van der Waals surface area contributed by atoms with E-state index in [4.69, 9.17) is 33.4 Å². The Hall–Kier alpha value is -1.23. The van der Waals surface area contributed by atoms with Crippen LogP contribution in [-0.2, 0) is 12.8 Å². The summed E-state index contributed by atoms with van der Waals surface area (Å²) in [6, 6.07) is 3.40. The maximum absolute atomic E-state index is 6.15. The molecule has 2 N–H and O–H groups in total. The summed E-state index contributed by atoms with van der Waals surface area (Å²) in [7, 11) is 0. The molecule has 0 amide bonds. The largest absolute Gasteiger partial charge is 0.434 e. The van der Waals surface area contributed by atoms with Gasteiger partial charge in [0, 0.05) is 9.90 Å². The Kier molecular flexibility index (Phi) is 2.74. The van der Waals surface area contributed by atoms with E-state index in [0.717, 1.165) is 23.4 Å². The molecule has 0 spiro atoms. The Morgan fingerprint density at radius 1 is 1.25 bits per heavy atom. The van der Waals surface area contributed by atoms with E-state index in [9.17, 15) is 0 Å². The van der Waals surface area contributed by atoms with Gasteiger partial charge in [-0.3, -0.25) is 0 Å². The van der Waals surface area contributed by atoms with Crippen molar-refractivity contribution in [2.24, 2.45) is 0 Å². The number of halogens is 2. The lowest BCUT2D eigenvalue weighted by Crippen LogP contribution is -1.88. The minimum Gasteiger partial charge on any atom is -0.434 e. The molecule has 102 valence electrons. The summed E-state index contributed by atoms with van der Waals surface area (Å²) in [6.45, 7) is 0. The molecule has 6 heteroatoms. The highest BCUT2D eigenvalue weighted by Gasteiger charge is 2.25. The van der Waals surface area contributed by atoms with Crippen LogP contribution in [0.5, 0.6) is 0 Å². The van der Waals surface area contributed by atoms with Crippen LogP contribution in [0.15, 0.2) is 16.5 Å². The Morgan fingerprint density at radius 3 is 2.95 bits per heavy atom. The van der Waals surface area contributed by atoms with Crippen molar-refractivity contribution in [2.75, 3.05) is 5.73 Å². The number of hydrogen-bond donors (Lipinski definition) is 1. The van der Waals surface area contributed by atoms with Crippen LogP contribution in [0.25, 0.3) is 22.6 Å². The number of nitrogens with two attached hydrogens (primary N) is 1. The van der Waals surface area contributed by atoms with Gasteiger partial charge in [0.05, 0.1) is 15.6 Å². The molecule has 1 aromatic carbocycles.